The Hall–Kier alpha value is -2.10. The Labute approximate surface area is 232 Å². The number of aliphatic hydroxyl groups is 2. The average molecular weight is 647 g/mol. The van der Waals surface area contributed by atoms with Gasteiger partial charge in [-0.2, -0.15) is 0 Å². The van der Waals surface area contributed by atoms with E-state index in [0.29, 0.717) is 31.5 Å². The van der Waals surface area contributed by atoms with Gasteiger partial charge in [-0.15, -0.1) is 0 Å². The third-order valence-corrected chi connectivity index (χ3v) is 7.44. The summed E-state index contributed by atoms with van der Waals surface area (Å²) in [4.78, 5) is 20.0. The molecule has 2 N–H and O–H groups in total. The van der Waals surface area contributed by atoms with E-state index in [1.54, 1.807) is 16.8 Å². The first-order valence-electron chi connectivity index (χ1n) is 11.5. The molecule has 1 saturated heterocycles. The molecule has 0 spiro atoms. The average Bonchev–Trinajstić information content (AvgIpc) is 3.39. The lowest BCUT2D eigenvalue weighted by Crippen LogP contribution is -2.24. The fourth-order valence-corrected chi connectivity index (χ4v) is 5.48. The number of halogens is 2. The third kappa shape index (κ3) is 5.54. The number of rotatable bonds is 8. The largest absolute Gasteiger partial charge is 0.496 e. The number of fused-ring (bicyclic) bond motifs is 1. The van der Waals surface area contributed by atoms with Gasteiger partial charge >= 0.3 is 0 Å². The summed E-state index contributed by atoms with van der Waals surface area (Å²) in [6, 6.07) is 3.13. The molecule has 0 saturated carbocycles. The van der Waals surface area contributed by atoms with Crippen LogP contribution in [-0.4, -0.2) is 55.6 Å². The molecule has 4 atom stereocenters. The molecule has 200 valence electrons. The van der Waals surface area contributed by atoms with Crippen molar-refractivity contribution in [2.24, 2.45) is 5.41 Å². The van der Waals surface area contributed by atoms with Crippen molar-refractivity contribution in [2.45, 2.75) is 58.3 Å². The van der Waals surface area contributed by atoms with Crippen molar-refractivity contribution >= 4 is 50.9 Å². The lowest BCUT2D eigenvalue weighted by molar-refractivity contribution is -0.386. The normalized spacial score (nSPS) is 20.9. The van der Waals surface area contributed by atoms with Crippen molar-refractivity contribution < 1.29 is 29.3 Å². The molecule has 1 unspecified atom stereocenters. The van der Waals surface area contributed by atoms with E-state index in [2.05, 4.69) is 9.97 Å². The first-order valence-corrected chi connectivity index (χ1v) is 13.0. The molecule has 0 radical (unpaired) electrons. The molecule has 2 aromatic heterocycles. The number of aliphatic hydroxyl groups excluding tert-OH is 2. The number of methoxy groups -OCH3 is 1. The fourth-order valence-electron chi connectivity index (χ4n) is 4.56. The Morgan fingerprint density at radius 1 is 1.38 bits per heavy atom. The lowest BCUT2D eigenvalue weighted by atomic mass is 9.83. The van der Waals surface area contributed by atoms with Gasteiger partial charge in [0.2, 0.25) is 0 Å². The van der Waals surface area contributed by atoms with Crippen LogP contribution in [0.25, 0.3) is 11.0 Å². The number of hydrogen-bond donors (Lipinski definition) is 2. The van der Waals surface area contributed by atoms with Gasteiger partial charge in [-0.3, -0.25) is 10.1 Å². The molecule has 0 amide bonds. The number of aromatic nitrogens is 3. The monoisotopic (exact) mass is 646 g/mol. The van der Waals surface area contributed by atoms with Gasteiger partial charge in [-0.1, -0.05) is 32.4 Å². The first-order chi connectivity index (χ1) is 17.5. The highest BCUT2D eigenvalue weighted by Gasteiger charge is 2.37. The molecule has 0 bridgehead atoms. The molecule has 1 aliphatic rings. The second-order valence-corrected chi connectivity index (χ2v) is 11.4. The molecule has 1 aliphatic heterocycles. The smallest absolute Gasteiger partial charge is 0.276 e. The summed E-state index contributed by atoms with van der Waals surface area (Å²) in [5.41, 5.74) is 0.962. The molecular formula is C24H28ClIN4O7. The number of ether oxygens (including phenoxy) is 3. The van der Waals surface area contributed by atoms with Crippen LogP contribution in [0, 0.1) is 19.1 Å². The molecule has 0 aliphatic carbocycles. The minimum Gasteiger partial charge on any atom is -0.496 e. The maximum Gasteiger partial charge on any atom is 0.276 e. The number of nitrogens with zero attached hydrogens (tertiary/aromatic N) is 4. The quantitative estimate of drug-likeness (QED) is 0.156. The van der Waals surface area contributed by atoms with Gasteiger partial charge in [-0.05, 0) is 34.1 Å². The summed E-state index contributed by atoms with van der Waals surface area (Å²) in [7, 11) is 1.51. The zero-order valence-corrected chi connectivity index (χ0v) is 23.6. The lowest BCUT2D eigenvalue weighted by Gasteiger charge is -2.31. The molecule has 13 heteroatoms. The van der Waals surface area contributed by atoms with Crippen molar-refractivity contribution in [1.29, 1.82) is 0 Å². The fraction of sp³-hybridized carbons (Fsp3) is 0.500. The van der Waals surface area contributed by atoms with Crippen LogP contribution in [0.2, 0.25) is 5.15 Å². The summed E-state index contributed by atoms with van der Waals surface area (Å²) in [6.45, 7) is 5.55. The van der Waals surface area contributed by atoms with Gasteiger partial charge in [-0.25, -0.2) is 9.97 Å². The molecule has 1 fully saturated rings. The van der Waals surface area contributed by atoms with Crippen LogP contribution in [0.1, 0.15) is 50.7 Å². The predicted molar refractivity (Wildman–Crippen MR) is 144 cm³/mol. The zero-order chi connectivity index (χ0) is 27.1. The summed E-state index contributed by atoms with van der Waals surface area (Å²) < 4.78 is 20.0. The summed E-state index contributed by atoms with van der Waals surface area (Å²) >= 11 is 8.46. The summed E-state index contributed by atoms with van der Waals surface area (Å²) in [6.07, 6.45) is 0.576. The highest BCUT2D eigenvalue weighted by atomic mass is 127. The molecular weight excluding hydrogens is 619 g/mol. The highest BCUT2D eigenvalue weighted by Crippen LogP contribution is 2.44. The van der Waals surface area contributed by atoms with Gasteiger partial charge in [0.05, 0.1) is 52.0 Å². The van der Waals surface area contributed by atoms with Gasteiger partial charge in [0.1, 0.15) is 35.2 Å². The standard InChI is InChI=1S/C24H28ClIN4O7/c1-24(2,3)21(13-5-17(35-4)14(26)6-15(13)30(33)34)36-10-12-8-29(19-7-16(32)18(9-31)37-19)23-20(12)22(25)27-11-28-23/h5-6,8,11,16,18-19,21,31-32H,7,9-10H2,1-4H3/t16?,18-,19-,21-/m1/s1. The van der Waals surface area contributed by atoms with Gasteiger partial charge in [0.25, 0.3) is 5.69 Å². The SMILES string of the molecule is COc1cc([C@@H](OCc2cn([C@H]3CC(O)[C@@H](CO)O3)c3ncnc(Cl)c23)C(C)(C)C)c([N+](=O)[O-])cc1I. The van der Waals surface area contributed by atoms with Crippen molar-refractivity contribution in [3.63, 3.8) is 0 Å². The van der Waals surface area contributed by atoms with E-state index in [4.69, 9.17) is 25.8 Å². The van der Waals surface area contributed by atoms with Crippen LogP contribution in [0.5, 0.6) is 5.75 Å². The van der Waals surface area contributed by atoms with Crippen LogP contribution in [-0.2, 0) is 16.1 Å². The molecule has 1 aromatic carbocycles. The third-order valence-electron chi connectivity index (χ3n) is 6.31. The van der Waals surface area contributed by atoms with Crippen LogP contribution < -0.4 is 4.74 Å². The second-order valence-electron chi connectivity index (χ2n) is 9.90. The van der Waals surface area contributed by atoms with E-state index in [9.17, 15) is 20.3 Å². The molecule has 3 aromatic rings. The van der Waals surface area contributed by atoms with Crippen LogP contribution in [0.4, 0.5) is 5.69 Å². The van der Waals surface area contributed by atoms with Crippen LogP contribution in [0.15, 0.2) is 24.7 Å². The van der Waals surface area contributed by atoms with Gasteiger partial charge < -0.3 is 29.0 Å². The first kappa shape index (κ1) is 27.9. The van der Waals surface area contributed by atoms with E-state index in [-0.39, 0.29) is 30.5 Å². The molecule has 37 heavy (non-hydrogen) atoms. The summed E-state index contributed by atoms with van der Waals surface area (Å²) in [5.74, 6) is 0.516. The van der Waals surface area contributed by atoms with Crippen molar-refractivity contribution in [2.75, 3.05) is 13.7 Å². The Morgan fingerprint density at radius 3 is 2.70 bits per heavy atom. The highest BCUT2D eigenvalue weighted by molar-refractivity contribution is 14.1. The topological polar surface area (TPSA) is 142 Å². The van der Waals surface area contributed by atoms with Crippen molar-refractivity contribution in [3.8, 4) is 5.75 Å². The Balaban J connectivity index is 1.74. The van der Waals surface area contributed by atoms with E-state index in [1.165, 1.54) is 19.5 Å². The van der Waals surface area contributed by atoms with Gasteiger partial charge in [0, 0.05) is 24.2 Å². The second kappa shape index (κ2) is 10.9. The molecule has 11 nitrogen and oxygen atoms in total. The van der Waals surface area contributed by atoms with E-state index in [1.807, 2.05) is 43.4 Å². The summed E-state index contributed by atoms with van der Waals surface area (Å²) in [5, 5.41) is 32.4. The maximum atomic E-state index is 11.9. The zero-order valence-electron chi connectivity index (χ0n) is 20.7. The Morgan fingerprint density at radius 2 is 2.11 bits per heavy atom. The van der Waals surface area contributed by atoms with E-state index in [0.717, 1.165) is 0 Å². The van der Waals surface area contributed by atoms with Crippen molar-refractivity contribution in [3.05, 3.63) is 54.6 Å². The minimum absolute atomic E-state index is 0.0443. The predicted octanol–water partition coefficient (Wildman–Crippen LogP) is 4.55. The Kier molecular flexibility index (Phi) is 8.26. The Bertz CT molecular complexity index is 1310. The van der Waals surface area contributed by atoms with Crippen LogP contribution >= 0.6 is 34.2 Å². The molecule has 3 heterocycles. The number of nitro groups is 1. The van der Waals surface area contributed by atoms with Gasteiger partial charge in [0.15, 0.2) is 0 Å². The van der Waals surface area contributed by atoms with E-state index < -0.39 is 34.9 Å². The van der Waals surface area contributed by atoms with Crippen molar-refractivity contribution in [1.82, 2.24) is 14.5 Å². The minimum atomic E-state index is -0.828. The molecule has 4 rings (SSSR count). The van der Waals surface area contributed by atoms with Crippen LogP contribution in [0.3, 0.4) is 0 Å². The number of benzene rings is 1. The van der Waals surface area contributed by atoms with E-state index >= 15 is 0 Å². The maximum absolute atomic E-state index is 11.9. The number of hydrogen-bond acceptors (Lipinski definition) is 9. The number of nitro benzene ring substituents is 1.